The number of sulfonamides is 1. The van der Waals surface area contributed by atoms with Gasteiger partial charge < -0.3 is 10.6 Å². The fraction of sp³-hybridized carbons (Fsp3) is 0.316. The van der Waals surface area contributed by atoms with Crippen molar-refractivity contribution in [2.75, 3.05) is 19.4 Å². The van der Waals surface area contributed by atoms with Crippen molar-refractivity contribution in [3.8, 4) is 0 Å². The highest BCUT2D eigenvalue weighted by Crippen LogP contribution is 2.22. The molecule has 1 atom stereocenters. The summed E-state index contributed by atoms with van der Waals surface area (Å²) in [6.45, 7) is 4.06. The Morgan fingerprint density at radius 3 is 2.23 bits per heavy atom. The Kier molecular flexibility index (Phi) is 6.39. The van der Waals surface area contributed by atoms with Crippen LogP contribution in [-0.2, 0) is 10.0 Å². The Bertz CT molecular complexity index is 849. The number of anilines is 1. The lowest BCUT2D eigenvalue weighted by Crippen LogP contribution is -2.35. The minimum Gasteiger partial charge on any atom is -0.331 e. The van der Waals surface area contributed by atoms with Crippen LogP contribution in [0.25, 0.3) is 0 Å². The lowest BCUT2D eigenvalue weighted by atomic mass is 9.96. The Hall–Kier alpha value is -2.38. The maximum Gasteiger partial charge on any atom is 0.319 e. The van der Waals surface area contributed by atoms with Crippen molar-refractivity contribution in [2.45, 2.75) is 24.8 Å². The van der Waals surface area contributed by atoms with E-state index in [1.54, 1.807) is 12.1 Å². The van der Waals surface area contributed by atoms with Gasteiger partial charge in [-0.15, -0.1) is 0 Å². The number of amides is 2. The molecule has 2 N–H and O–H groups in total. The van der Waals surface area contributed by atoms with E-state index in [1.165, 1.54) is 26.2 Å². The first kappa shape index (κ1) is 19.9. The number of urea groups is 1. The highest BCUT2D eigenvalue weighted by atomic mass is 32.2. The number of rotatable bonds is 6. The molecular weight excluding hydrogens is 350 g/mol. The van der Waals surface area contributed by atoms with Gasteiger partial charge in [0.1, 0.15) is 0 Å². The molecule has 0 saturated heterocycles. The summed E-state index contributed by atoms with van der Waals surface area (Å²) in [6.07, 6.45) is 0. The molecule has 0 fully saturated rings. The zero-order chi connectivity index (χ0) is 19.3. The van der Waals surface area contributed by atoms with Gasteiger partial charge in [0.15, 0.2) is 0 Å². The lowest BCUT2D eigenvalue weighted by molar-refractivity contribution is 0.244. The van der Waals surface area contributed by atoms with Crippen LogP contribution < -0.4 is 10.6 Å². The second-order valence-corrected chi connectivity index (χ2v) is 8.70. The third-order valence-electron chi connectivity index (χ3n) is 3.98. The molecule has 0 saturated carbocycles. The van der Waals surface area contributed by atoms with E-state index in [9.17, 15) is 13.2 Å². The average Bonchev–Trinajstić information content (AvgIpc) is 2.60. The summed E-state index contributed by atoms with van der Waals surface area (Å²) < 4.78 is 25.6. The molecule has 0 aromatic heterocycles. The van der Waals surface area contributed by atoms with Crippen LogP contribution in [0.5, 0.6) is 0 Å². The second-order valence-electron chi connectivity index (χ2n) is 6.55. The largest absolute Gasteiger partial charge is 0.331 e. The van der Waals surface area contributed by atoms with Gasteiger partial charge in [0.25, 0.3) is 0 Å². The fourth-order valence-electron chi connectivity index (χ4n) is 2.55. The van der Waals surface area contributed by atoms with E-state index in [-0.39, 0.29) is 22.9 Å². The molecule has 0 bridgehead atoms. The maximum absolute atomic E-state index is 12.4. The number of nitrogens with one attached hydrogen (secondary N) is 2. The fourth-order valence-corrected chi connectivity index (χ4v) is 3.50. The molecular formula is C19H25N3O3S. The maximum atomic E-state index is 12.4. The number of hydrogen-bond donors (Lipinski definition) is 2. The van der Waals surface area contributed by atoms with Crippen LogP contribution >= 0.6 is 0 Å². The van der Waals surface area contributed by atoms with Crippen molar-refractivity contribution in [1.82, 2.24) is 9.62 Å². The highest BCUT2D eigenvalue weighted by molar-refractivity contribution is 7.89. The first-order chi connectivity index (χ1) is 12.2. The van der Waals surface area contributed by atoms with E-state index in [0.29, 0.717) is 5.69 Å². The number of hydrogen-bond acceptors (Lipinski definition) is 3. The Balaban J connectivity index is 2.15. The summed E-state index contributed by atoms with van der Waals surface area (Å²) in [5.41, 5.74) is 1.43. The molecule has 0 aliphatic carbocycles. The molecule has 2 amide bonds. The summed E-state index contributed by atoms with van der Waals surface area (Å²) in [6, 6.07) is 15.4. The third-order valence-corrected chi connectivity index (χ3v) is 5.79. The third kappa shape index (κ3) is 4.83. The Morgan fingerprint density at radius 2 is 1.65 bits per heavy atom. The van der Waals surface area contributed by atoms with Gasteiger partial charge in [0.05, 0.1) is 10.9 Å². The molecule has 0 aliphatic heterocycles. The average molecular weight is 375 g/mol. The van der Waals surface area contributed by atoms with Gasteiger partial charge in [-0.3, -0.25) is 0 Å². The monoisotopic (exact) mass is 375 g/mol. The van der Waals surface area contributed by atoms with E-state index in [0.717, 1.165) is 9.87 Å². The first-order valence-electron chi connectivity index (χ1n) is 8.37. The molecule has 0 spiro atoms. The molecule has 0 heterocycles. The van der Waals surface area contributed by atoms with Crippen molar-refractivity contribution in [1.29, 1.82) is 0 Å². The van der Waals surface area contributed by atoms with E-state index in [2.05, 4.69) is 10.6 Å². The van der Waals surface area contributed by atoms with Crippen LogP contribution in [0.1, 0.15) is 25.5 Å². The van der Waals surface area contributed by atoms with E-state index < -0.39 is 10.0 Å². The van der Waals surface area contributed by atoms with E-state index in [4.69, 9.17) is 0 Å². The molecule has 6 nitrogen and oxygen atoms in total. The lowest BCUT2D eigenvalue weighted by Gasteiger charge is -2.23. The van der Waals surface area contributed by atoms with Crippen molar-refractivity contribution >= 4 is 21.7 Å². The zero-order valence-electron chi connectivity index (χ0n) is 15.4. The van der Waals surface area contributed by atoms with Crippen molar-refractivity contribution in [3.05, 3.63) is 60.2 Å². The first-order valence-corrected chi connectivity index (χ1v) is 9.81. The van der Waals surface area contributed by atoms with Crippen molar-refractivity contribution < 1.29 is 13.2 Å². The standard InChI is InChI=1S/C19H25N3O3S/c1-14(2)18(15-9-6-5-7-10-15)21-19(23)20-16-11-8-12-17(13-16)26(24,25)22(3)4/h5-14,18H,1-4H3,(H2,20,21,23)/t18-/m1/s1. The van der Waals surface area contributed by atoms with Crippen LogP contribution in [0.2, 0.25) is 0 Å². The topological polar surface area (TPSA) is 78.5 Å². The smallest absolute Gasteiger partial charge is 0.319 e. The summed E-state index contributed by atoms with van der Waals surface area (Å²) in [4.78, 5) is 12.5. The predicted molar refractivity (Wildman–Crippen MR) is 103 cm³/mol. The van der Waals surface area contributed by atoms with Gasteiger partial charge in [0, 0.05) is 19.8 Å². The molecule has 2 rings (SSSR count). The summed E-state index contributed by atoms with van der Waals surface area (Å²) in [5.74, 6) is 0.198. The zero-order valence-corrected chi connectivity index (χ0v) is 16.2. The van der Waals surface area contributed by atoms with Gasteiger partial charge >= 0.3 is 6.03 Å². The van der Waals surface area contributed by atoms with Gasteiger partial charge in [-0.25, -0.2) is 17.5 Å². The second kappa shape index (κ2) is 8.33. The SMILES string of the molecule is CC(C)[C@@H](NC(=O)Nc1cccc(S(=O)(=O)N(C)C)c1)c1ccccc1. The molecule has 0 unspecified atom stereocenters. The summed E-state index contributed by atoms with van der Waals surface area (Å²) >= 11 is 0. The predicted octanol–water partition coefficient (Wildman–Crippen LogP) is 3.46. The number of carbonyl (C=O) groups excluding carboxylic acids is 1. The number of carbonyl (C=O) groups is 1. The summed E-state index contributed by atoms with van der Waals surface area (Å²) in [5, 5.41) is 5.67. The molecule has 26 heavy (non-hydrogen) atoms. The Labute approximate surface area is 155 Å². The quantitative estimate of drug-likeness (QED) is 0.812. The minimum absolute atomic E-state index is 0.128. The van der Waals surface area contributed by atoms with E-state index in [1.807, 2.05) is 44.2 Å². The Morgan fingerprint density at radius 1 is 1.00 bits per heavy atom. The summed E-state index contributed by atoms with van der Waals surface area (Å²) in [7, 11) is -0.618. The van der Waals surface area contributed by atoms with Crippen molar-refractivity contribution in [2.24, 2.45) is 5.92 Å². The normalized spacial score (nSPS) is 12.8. The molecule has 0 radical (unpaired) electrons. The van der Waals surface area contributed by atoms with Crippen LogP contribution in [0, 0.1) is 5.92 Å². The number of benzene rings is 2. The van der Waals surface area contributed by atoms with Crippen LogP contribution in [0.15, 0.2) is 59.5 Å². The minimum atomic E-state index is -3.55. The van der Waals surface area contributed by atoms with Crippen molar-refractivity contribution in [3.63, 3.8) is 0 Å². The highest BCUT2D eigenvalue weighted by Gasteiger charge is 2.20. The molecule has 2 aromatic rings. The van der Waals surface area contributed by atoms with E-state index >= 15 is 0 Å². The van der Waals surface area contributed by atoms with Crippen LogP contribution in [0.4, 0.5) is 10.5 Å². The molecule has 0 aliphatic rings. The van der Waals surface area contributed by atoms with Crippen LogP contribution in [0.3, 0.4) is 0 Å². The van der Waals surface area contributed by atoms with Gasteiger partial charge in [-0.1, -0.05) is 50.2 Å². The van der Waals surface area contributed by atoms with Gasteiger partial charge in [-0.05, 0) is 29.7 Å². The van der Waals surface area contributed by atoms with Gasteiger partial charge in [-0.2, -0.15) is 0 Å². The van der Waals surface area contributed by atoms with Crippen LogP contribution in [-0.4, -0.2) is 32.8 Å². The molecule has 140 valence electrons. The number of nitrogens with zero attached hydrogens (tertiary/aromatic N) is 1. The molecule has 7 heteroatoms. The van der Waals surface area contributed by atoms with Gasteiger partial charge in [0.2, 0.25) is 10.0 Å². The molecule has 2 aromatic carbocycles.